The molecule has 0 fully saturated rings. The van der Waals surface area contributed by atoms with Crippen molar-refractivity contribution in [2.75, 3.05) is 9.80 Å². The number of furan rings is 1. The molecule has 11 rings (SSSR count). The van der Waals surface area contributed by atoms with E-state index in [-0.39, 0.29) is 0 Å². The van der Waals surface area contributed by atoms with Gasteiger partial charge in [0.1, 0.15) is 11.2 Å². The fourth-order valence-corrected chi connectivity index (χ4v) is 8.64. The topological polar surface area (TPSA) is 19.6 Å². The molecule has 57 heavy (non-hydrogen) atoms. The first-order valence-electron chi connectivity index (χ1n) is 19.4. The summed E-state index contributed by atoms with van der Waals surface area (Å²) in [6.07, 6.45) is 0. The number of para-hydroxylation sites is 2. The molecule has 3 heteroatoms. The zero-order chi connectivity index (χ0) is 37.7. The minimum absolute atomic E-state index is 0.868. The molecule has 1 heterocycles. The number of rotatable bonds is 7. The highest BCUT2D eigenvalue weighted by Gasteiger charge is 2.23. The molecule has 0 radical (unpaired) electrons. The second-order valence-electron chi connectivity index (χ2n) is 14.5. The highest BCUT2D eigenvalue weighted by molar-refractivity contribution is 6.23. The predicted octanol–water partition coefficient (Wildman–Crippen LogP) is 15.7. The van der Waals surface area contributed by atoms with Crippen molar-refractivity contribution in [3.63, 3.8) is 0 Å². The van der Waals surface area contributed by atoms with E-state index in [1.165, 1.54) is 21.5 Å². The standard InChI is InChI=1S/C54H36N2O/c1-3-20-40(21-4-1)55(49-29-13-18-37-16-7-9-24-43(37)49)42-34-32-39(33-35-42)45-28-15-31-52-53(45)48-36-51(46-26-11-12-27-47(46)54(48)57-52)56(41-22-5-2-6-23-41)50-30-14-19-38-17-8-10-25-44(38)50/h1-36H. The molecular weight excluding hydrogens is 693 g/mol. The molecule has 1 aromatic heterocycles. The minimum atomic E-state index is 0.868. The van der Waals surface area contributed by atoms with Gasteiger partial charge in [-0.05, 0) is 82.6 Å². The van der Waals surface area contributed by atoms with E-state index in [1.54, 1.807) is 0 Å². The van der Waals surface area contributed by atoms with E-state index in [2.05, 4.69) is 228 Å². The Morgan fingerprint density at radius 2 is 0.807 bits per heavy atom. The molecule has 0 atom stereocenters. The third-order valence-corrected chi connectivity index (χ3v) is 11.2. The van der Waals surface area contributed by atoms with E-state index in [1.807, 2.05) is 0 Å². The van der Waals surface area contributed by atoms with Crippen molar-refractivity contribution < 1.29 is 4.42 Å². The van der Waals surface area contributed by atoms with Crippen LogP contribution in [0.4, 0.5) is 34.1 Å². The van der Waals surface area contributed by atoms with Crippen molar-refractivity contribution in [2.24, 2.45) is 0 Å². The number of hydrogen-bond acceptors (Lipinski definition) is 3. The summed E-state index contributed by atoms with van der Waals surface area (Å²) in [6.45, 7) is 0. The first kappa shape index (κ1) is 32.8. The number of hydrogen-bond donors (Lipinski definition) is 0. The molecule has 0 amide bonds. The monoisotopic (exact) mass is 728 g/mol. The Hall–Kier alpha value is -7.62. The van der Waals surface area contributed by atoms with Crippen LogP contribution in [-0.4, -0.2) is 0 Å². The highest BCUT2D eigenvalue weighted by Crippen LogP contribution is 2.48. The summed E-state index contributed by atoms with van der Waals surface area (Å²) in [4.78, 5) is 4.76. The van der Waals surface area contributed by atoms with Crippen LogP contribution in [0.25, 0.3) is 65.4 Å². The van der Waals surface area contributed by atoms with Gasteiger partial charge in [0.2, 0.25) is 0 Å². The smallest absolute Gasteiger partial charge is 0.143 e. The lowest BCUT2D eigenvalue weighted by molar-refractivity contribution is 0.673. The lowest BCUT2D eigenvalue weighted by Crippen LogP contribution is -2.11. The fourth-order valence-electron chi connectivity index (χ4n) is 8.64. The molecule has 0 aliphatic carbocycles. The normalized spacial score (nSPS) is 11.5. The number of anilines is 6. The van der Waals surface area contributed by atoms with Crippen molar-refractivity contribution in [1.82, 2.24) is 0 Å². The maximum absolute atomic E-state index is 6.84. The predicted molar refractivity (Wildman–Crippen MR) is 241 cm³/mol. The molecule has 0 N–H and O–H groups in total. The van der Waals surface area contributed by atoms with Crippen molar-refractivity contribution in [1.29, 1.82) is 0 Å². The van der Waals surface area contributed by atoms with Gasteiger partial charge in [-0.3, -0.25) is 0 Å². The third kappa shape index (κ3) is 5.51. The Balaban J connectivity index is 1.11. The zero-order valence-electron chi connectivity index (χ0n) is 31.1. The Morgan fingerprint density at radius 1 is 0.316 bits per heavy atom. The molecular formula is C54H36N2O. The number of nitrogens with zero attached hydrogens (tertiary/aromatic N) is 2. The van der Waals surface area contributed by atoms with Gasteiger partial charge in [0.25, 0.3) is 0 Å². The molecule has 0 spiro atoms. The van der Waals surface area contributed by atoms with Crippen LogP contribution in [0.5, 0.6) is 0 Å². The Labute approximate surface area is 330 Å². The van der Waals surface area contributed by atoms with Gasteiger partial charge >= 0.3 is 0 Å². The Kier molecular flexibility index (Phi) is 7.82. The van der Waals surface area contributed by atoms with Crippen LogP contribution in [-0.2, 0) is 0 Å². The lowest BCUT2D eigenvalue weighted by Gasteiger charge is -2.28. The maximum atomic E-state index is 6.84. The lowest BCUT2D eigenvalue weighted by atomic mass is 9.96. The van der Waals surface area contributed by atoms with Gasteiger partial charge in [0, 0.05) is 49.4 Å². The van der Waals surface area contributed by atoms with E-state index >= 15 is 0 Å². The van der Waals surface area contributed by atoms with Gasteiger partial charge in [-0.25, -0.2) is 0 Å². The summed E-state index contributed by atoms with van der Waals surface area (Å²) in [6, 6.07) is 78.0. The highest BCUT2D eigenvalue weighted by atomic mass is 16.3. The van der Waals surface area contributed by atoms with Crippen LogP contribution in [0, 0.1) is 0 Å². The second kappa shape index (κ2) is 13.6. The van der Waals surface area contributed by atoms with Gasteiger partial charge in [-0.2, -0.15) is 0 Å². The molecule has 11 aromatic rings. The third-order valence-electron chi connectivity index (χ3n) is 11.2. The Bertz CT molecular complexity index is 3230. The molecule has 268 valence electrons. The second-order valence-corrected chi connectivity index (χ2v) is 14.5. The van der Waals surface area contributed by atoms with E-state index in [4.69, 9.17) is 4.42 Å². The van der Waals surface area contributed by atoms with Gasteiger partial charge in [0.05, 0.1) is 17.1 Å². The van der Waals surface area contributed by atoms with Crippen LogP contribution in [0.1, 0.15) is 0 Å². The first-order valence-corrected chi connectivity index (χ1v) is 19.4. The average molecular weight is 729 g/mol. The molecule has 0 saturated carbocycles. The van der Waals surface area contributed by atoms with E-state index in [0.717, 1.165) is 78.0 Å². The maximum Gasteiger partial charge on any atom is 0.143 e. The van der Waals surface area contributed by atoms with Crippen LogP contribution in [0.2, 0.25) is 0 Å². The van der Waals surface area contributed by atoms with E-state index in [9.17, 15) is 0 Å². The molecule has 0 aliphatic rings. The van der Waals surface area contributed by atoms with Gasteiger partial charge in [0.15, 0.2) is 0 Å². The summed E-state index contributed by atoms with van der Waals surface area (Å²) >= 11 is 0. The van der Waals surface area contributed by atoms with Crippen LogP contribution in [0.3, 0.4) is 0 Å². The molecule has 10 aromatic carbocycles. The summed E-state index contributed by atoms with van der Waals surface area (Å²) in [5.41, 5.74) is 10.7. The van der Waals surface area contributed by atoms with Crippen LogP contribution in [0.15, 0.2) is 223 Å². The number of benzene rings is 10. The minimum Gasteiger partial charge on any atom is -0.455 e. The summed E-state index contributed by atoms with van der Waals surface area (Å²) in [5, 5.41) is 9.21. The molecule has 0 aliphatic heterocycles. The van der Waals surface area contributed by atoms with E-state index in [0.29, 0.717) is 0 Å². The van der Waals surface area contributed by atoms with Gasteiger partial charge < -0.3 is 14.2 Å². The summed E-state index contributed by atoms with van der Waals surface area (Å²) in [5.74, 6) is 0. The van der Waals surface area contributed by atoms with Gasteiger partial charge in [-0.15, -0.1) is 0 Å². The SMILES string of the molecule is c1ccc(N(c2ccc(-c3cccc4oc5c6ccccc6c(N(c6ccccc6)c6cccc7ccccc67)cc5c34)cc2)c2cccc3ccccc23)cc1. The van der Waals surface area contributed by atoms with Crippen molar-refractivity contribution in [3.05, 3.63) is 218 Å². The molecule has 0 saturated heterocycles. The summed E-state index contributed by atoms with van der Waals surface area (Å²) < 4.78 is 6.84. The Morgan fingerprint density at radius 3 is 1.46 bits per heavy atom. The van der Waals surface area contributed by atoms with E-state index < -0.39 is 0 Å². The van der Waals surface area contributed by atoms with Crippen molar-refractivity contribution >= 4 is 88.4 Å². The first-order chi connectivity index (χ1) is 28.3. The molecule has 0 bridgehead atoms. The van der Waals surface area contributed by atoms with Crippen molar-refractivity contribution in [2.45, 2.75) is 0 Å². The number of fused-ring (bicyclic) bond motifs is 7. The molecule has 0 unspecified atom stereocenters. The van der Waals surface area contributed by atoms with Crippen molar-refractivity contribution in [3.8, 4) is 11.1 Å². The average Bonchev–Trinajstić information content (AvgIpc) is 3.67. The zero-order valence-corrected chi connectivity index (χ0v) is 31.1. The van der Waals surface area contributed by atoms with Gasteiger partial charge in [-0.1, -0.05) is 158 Å². The fraction of sp³-hybridized carbons (Fsp3) is 0. The summed E-state index contributed by atoms with van der Waals surface area (Å²) in [7, 11) is 0. The largest absolute Gasteiger partial charge is 0.455 e. The quantitative estimate of drug-likeness (QED) is 0.163. The van der Waals surface area contributed by atoms with Crippen LogP contribution < -0.4 is 9.80 Å². The molecule has 3 nitrogen and oxygen atoms in total. The van der Waals surface area contributed by atoms with Crippen LogP contribution >= 0.6 is 0 Å².